The molecule has 0 atom stereocenters. The third kappa shape index (κ3) is 4.06. The van der Waals surface area contributed by atoms with E-state index in [1.165, 1.54) is 17.4 Å². The van der Waals surface area contributed by atoms with E-state index in [2.05, 4.69) is 10.3 Å². The van der Waals surface area contributed by atoms with Gasteiger partial charge in [-0.05, 0) is 29.8 Å². The fraction of sp³-hybridized carbons (Fsp3) is 0.0625. The number of nitrogens with one attached hydrogen (secondary N) is 1. The van der Waals surface area contributed by atoms with Crippen LogP contribution >= 0.6 is 22.9 Å². The van der Waals surface area contributed by atoms with Gasteiger partial charge in [-0.3, -0.25) is 10.1 Å². The van der Waals surface area contributed by atoms with Gasteiger partial charge in [0.25, 0.3) is 5.69 Å². The van der Waals surface area contributed by atoms with Gasteiger partial charge < -0.3 is 5.32 Å². The Balaban J connectivity index is 1.71. The van der Waals surface area contributed by atoms with Crippen molar-refractivity contribution in [3.63, 3.8) is 0 Å². The predicted octanol–water partition coefficient (Wildman–Crippen LogP) is 5.04. The largest absolute Gasteiger partial charge is 0.332 e. The number of benzene rings is 2. The molecule has 2 aromatic carbocycles. The van der Waals surface area contributed by atoms with Crippen LogP contribution in [-0.2, 0) is 6.42 Å². The van der Waals surface area contributed by atoms with Gasteiger partial charge >= 0.3 is 0 Å². The van der Waals surface area contributed by atoms with Crippen molar-refractivity contribution in [3.05, 3.63) is 80.3 Å². The van der Waals surface area contributed by atoms with Crippen LogP contribution in [0, 0.1) is 10.1 Å². The summed E-state index contributed by atoms with van der Waals surface area (Å²) in [6.45, 7) is 0. The molecule has 3 rings (SSSR count). The fourth-order valence-corrected chi connectivity index (χ4v) is 3.08. The Bertz CT molecular complexity index is 833. The summed E-state index contributed by atoms with van der Waals surface area (Å²) in [4.78, 5) is 15.8. The molecule has 0 unspecified atom stereocenters. The van der Waals surface area contributed by atoms with Crippen molar-refractivity contribution in [1.29, 1.82) is 0 Å². The van der Waals surface area contributed by atoms with Gasteiger partial charge in [0.05, 0.1) is 4.92 Å². The lowest BCUT2D eigenvalue weighted by Crippen LogP contribution is -1.90. The molecule has 0 aliphatic rings. The summed E-state index contributed by atoms with van der Waals surface area (Å²) in [5.41, 5.74) is 1.90. The Hall–Kier alpha value is -2.44. The van der Waals surface area contributed by atoms with Crippen molar-refractivity contribution < 1.29 is 4.92 Å². The monoisotopic (exact) mass is 345 g/mol. The van der Waals surface area contributed by atoms with Gasteiger partial charge in [0.1, 0.15) is 0 Å². The normalized spacial score (nSPS) is 10.5. The second-order valence-electron chi connectivity index (χ2n) is 4.87. The van der Waals surface area contributed by atoms with E-state index in [-0.39, 0.29) is 10.6 Å². The topological polar surface area (TPSA) is 68.1 Å². The molecule has 1 heterocycles. The van der Waals surface area contributed by atoms with E-state index >= 15 is 0 Å². The molecule has 3 aromatic rings. The number of hydrogen-bond acceptors (Lipinski definition) is 5. The van der Waals surface area contributed by atoms with Crippen molar-refractivity contribution in [1.82, 2.24) is 4.98 Å². The minimum absolute atomic E-state index is 0.103. The number of rotatable bonds is 5. The molecule has 1 aromatic heterocycles. The first kappa shape index (κ1) is 15.5. The number of nitro benzene ring substituents is 1. The standard InChI is InChI=1S/C16H12ClN3O2S/c17-12-4-6-13(7-5-12)19-16-18-10-15(23-16)9-11-2-1-3-14(8-11)20(21)22/h1-8,10H,9H2,(H,18,19). The molecular formula is C16H12ClN3O2S. The van der Waals surface area contributed by atoms with Crippen LogP contribution < -0.4 is 5.32 Å². The number of nitro groups is 1. The van der Waals surface area contributed by atoms with Crippen molar-refractivity contribution in [3.8, 4) is 0 Å². The fourth-order valence-electron chi connectivity index (χ4n) is 2.08. The molecule has 0 fully saturated rings. The van der Waals surface area contributed by atoms with E-state index in [1.54, 1.807) is 18.3 Å². The summed E-state index contributed by atoms with van der Waals surface area (Å²) >= 11 is 7.37. The molecule has 0 radical (unpaired) electrons. The zero-order valence-electron chi connectivity index (χ0n) is 11.9. The Morgan fingerprint density at radius 3 is 2.74 bits per heavy atom. The number of nitrogens with zero attached hydrogens (tertiary/aromatic N) is 2. The summed E-state index contributed by atoms with van der Waals surface area (Å²) in [5.74, 6) is 0. The molecule has 0 spiro atoms. The zero-order valence-corrected chi connectivity index (χ0v) is 13.5. The molecule has 1 N–H and O–H groups in total. The van der Waals surface area contributed by atoms with Crippen LogP contribution in [0.2, 0.25) is 5.02 Å². The number of aromatic nitrogens is 1. The predicted molar refractivity (Wildman–Crippen MR) is 92.8 cm³/mol. The molecule has 0 aliphatic heterocycles. The first-order valence-corrected chi connectivity index (χ1v) is 8.00. The first-order valence-electron chi connectivity index (χ1n) is 6.81. The SMILES string of the molecule is O=[N+]([O-])c1cccc(Cc2cnc(Nc3ccc(Cl)cc3)s2)c1. The van der Waals surface area contributed by atoms with Crippen LogP contribution in [0.4, 0.5) is 16.5 Å². The van der Waals surface area contributed by atoms with Crippen molar-refractivity contribution in [2.24, 2.45) is 0 Å². The molecule has 0 saturated heterocycles. The van der Waals surface area contributed by atoms with Crippen LogP contribution in [-0.4, -0.2) is 9.91 Å². The number of hydrogen-bond donors (Lipinski definition) is 1. The molecule has 0 aliphatic carbocycles. The van der Waals surface area contributed by atoms with E-state index in [4.69, 9.17) is 11.6 Å². The van der Waals surface area contributed by atoms with Gasteiger partial charge in [-0.15, -0.1) is 11.3 Å². The molecule has 116 valence electrons. The summed E-state index contributed by atoms with van der Waals surface area (Å²) < 4.78 is 0. The highest BCUT2D eigenvalue weighted by Gasteiger charge is 2.08. The second-order valence-corrected chi connectivity index (χ2v) is 6.42. The number of thiazole rings is 1. The van der Waals surface area contributed by atoms with Crippen LogP contribution in [0.15, 0.2) is 54.7 Å². The Labute approximate surface area is 141 Å². The zero-order chi connectivity index (χ0) is 16.2. The third-order valence-corrected chi connectivity index (χ3v) is 4.31. The van der Waals surface area contributed by atoms with E-state index in [0.29, 0.717) is 11.4 Å². The molecule has 0 amide bonds. The average Bonchev–Trinajstić information content (AvgIpc) is 2.97. The smallest absolute Gasteiger partial charge is 0.269 e. The molecule has 0 bridgehead atoms. The van der Waals surface area contributed by atoms with Crippen LogP contribution in [0.3, 0.4) is 0 Å². The lowest BCUT2D eigenvalue weighted by molar-refractivity contribution is -0.384. The lowest BCUT2D eigenvalue weighted by atomic mass is 10.1. The summed E-state index contributed by atoms with van der Waals surface area (Å²) in [5, 5.41) is 15.5. The van der Waals surface area contributed by atoms with Gasteiger partial charge in [0, 0.05) is 40.3 Å². The van der Waals surface area contributed by atoms with Gasteiger partial charge in [0.15, 0.2) is 5.13 Å². The maximum absolute atomic E-state index is 10.8. The third-order valence-electron chi connectivity index (χ3n) is 3.15. The van der Waals surface area contributed by atoms with Gasteiger partial charge in [-0.2, -0.15) is 0 Å². The Morgan fingerprint density at radius 1 is 1.22 bits per heavy atom. The highest BCUT2D eigenvalue weighted by molar-refractivity contribution is 7.15. The lowest BCUT2D eigenvalue weighted by Gasteiger charge is -2.01. The molecule has 23 heavy (non-hydrogen) atoms. The van der Waals surface area contributed by atoms with Gasteiger partial charge in [-0.1, -0.05) is 23.7 Å². The number of anilines is 2. The summed E-state index contributed by atoms with van der Waals surface area (Å²) in [6, 6.07) is 14.0. The molecule has 7 heteroatoms. The van der Waals surface area contributed by atoms with E-state index in [1.807, 2.05) is 30.3 Å². The van der Waals surface area contributed by atoms with Crippen LogP contribution in [0.25, 0.3) is 0 Å². The highest BCUT2D eigenvalue weighted by atomic mass is 35.5. The average molecular weight is 346 g/mol. The maximum Gasteiger partial charge on any atom is 0.269 e. The van der Waals surface area contributed by atoms with E-state index in [9.17, 15) is 10.1 Å². The first-order chi connectivity index (χ1) is 11.1. The van der Waals surface area contributed by atoms with E-state index < -0.39 is 0 Å². The van der Waals surface area contributed by atoms with Gasteiger partial charge in [0.2, 0.25) is 0 Å². The minimum atomic E-state index is -0.385. The van der Waals surface area contributed by atoms with E-state index in [0.717, 1.165) is 21.3 Å². The summed E-state index contributed by atoms with van der Waals surface area (Å²) in [7, 11) is 0. The van der Waals surface area contributed by atoms with Crippen LogP contribution in [0.5, 0.6) is 0 Å². The molecule has 0 saturated carbocycles. The van der Waals surface area contributed by atoms with Crippen molar-refractivity contribution in [2.45, 2.75) is 6.42 Å². The molecular weight excluding hydrogens is 334 g/mol. The van der Waals surface area contributed by atoms with Crippen LogP contribution in [0.1, 0.15) is 10.4 Å². The molecule has 5 nitrogen and oxygen atoms in total. The second kappa shape index (κ2) is 6.76. The van der Waals surface area contributed by atoms with Crippen molar-refractivity contribution >= 4 is 39.4 Å². The van der Waals surface area contributed by atoms with Crippen molar-refractivity contribution in [2.75, 3.05) is 5.32 Å². The Morgan fingerprint density at radius 2 is 2.00 bits per heavy atom. The Kier molecular flexibility index (Phi) is 4.55. The quantitative estimate of drug-likeness (QED) is 0.519. The number of non-ortho nitro benzene ring substituents is 1. The summed E-state index contributed by atoms with van der Waals surface area (Å²) in [6.07, 6.45) is 2.39. The van der Waals surface area contributed by atoms with Gasteiger partial charge in [-0.25, -0.2) is 4.98 Å². The highest BCUT2D eigenvalue weighted by Crippen LogP contribution is 2.26. The minimum Gasteiger partial charge on any atom is -0.332 e. The number of halogens is 1. The maximum atomic E-state index is 10.8.